The van der Waals surface area contributed by atoms with Gasteiger partial charge in [-0.05, 0) is 60.0 Å². The molecule has 3 amide bonds. The fourth-order valence-corrected chi connectivity index (χ4v) is 3.77. The summed E-state index contributed by atoms with van der Waals surface area (Å²) < 4.78 is 5.14. The summed E-state index contributed by atoms with van der Waals surface area (Å²) in [5, 5.41) is 11.8. The van der Waals surface area contributed by atoms with Gasteiger partial charge in [0.25, 0.3) is 17.7 Å². The molecule has 8 nitrogen and oxygen atoms in total. The molecule has 0 spiro atoms. The van der Waals surface area contributed by atoms with Crippen LogP contribution in [0.5, 0.6) is 5.75 Å². The molecule has 8 heteroatoms. The van der Waals surface area contributed by atoms with Gasteiger partial charge in [-0.1, -0.05) is 24.3 Å². The number of fused-ring (bicyclic) bond motifs is 1. The van der Waals surface area contributed by atoms with E-state index in [2.05, 4.69) is 5.32 Å². The first kappa shape index (κ1) is 22.7. The molecule has 172 valence electrons. The van der Waals surface area contributed by atoms with Crippen LogP contribution in [0.25, 0.3) is 0 Å². The topological polar surface area (TPSA) is 113 Å². The fourth-order valence-electron chi connectivity index (χ4n) is 3.77. The molecule has 0 bridgehead atoms. The molecule has 3 aromatic carbocycles. The Bertz CT molecular complexity index is 1280. The average Bonchev–Trinajstić information content (AvgIpc) is 3.10. The maximum absolute atomic E-state index is 12.9. The molecule has 2 N–H and O–H groups in total. The lowest BCUT2D eigenvalue weighted by Gasteiger charge is -2.13. The molecule has 34 heavy (non-hydrogen) atoms. The minimum atomic E-state index is -1.05. The number of nitrogens with one attached hydrogen (secondary N) is 1. The number of benzene rings is 3. The molecule has 0 unspecified atom stereocenters. The van der Waals surface area contributed by atoms with Crippen molar-refractivity contribution in [2.24, 2.45) is 0 Å². The molecule has 3 aromatic rings. The Kier molecular flexibility index (Phi) is 6.40. The van der Waals surface area contributed by atoms with Gasteiger partial charge in [0.05, 0.1) is 23.8 Å². The Balaban J connectivity index is 1.42. The average molecular weight is 458 g/mol. The summed E-state index contributed by atoms with van der Waals surface area (Å²) in [6, 6.07) is 18.1. The lowest BCUT2D eigenvalue weighted by atomic mass is 10.1. The van der Waals surface area contributed by atoms with Gasteiger partial charge in [-0.25, -0.2) is 4.79 Å². The first-order valence-electron chi connectivity index (χ1n) is 10.6. The Morgan fingerprint density at radius 1 is 0.882 bits per heavy atom. The predicted molar refractivity (Wildman–Crippen MR) is 123 cm³/mol. The second kappa shape index (κ2) is 9.58. The Morgan fingerprint density at radius 3 is 2.32 bits per heavy atom. The van der Waals surface area contributed by atoms with Crippen molar-refractivity contribution in [1.82, 2.24) is 10.2 Å². The smallest absolute Gasteiger partial charge is 0.335 e. The van der Waals surface area contributed by atoms with E-state index in [1.165, 1.54) is 35.2 Å². The van der Waals surface area contributed by atoms with Crippen LogP contribution in [0.2, 0.25) is 0 Å². The molecule has 1 aliphatic rings. The summed E-state index contributed by atoms with van der Waals surface area (Å²) in [5.41, 5.74) is 2.43. The standard InChI is InChI=1S/C26H22N2O6/c1-34-20-8-5-16(6-9-20)11-12-28-24(30)21-10-7-18(14-22(21)25(28)31)23(29)27-15-17-3-2-4-19(13-17)26(32)33/h2-10,13-14H,11-12,15H2,1H3,(H,27,29)(H,32,33). The van der Waals surface area contributed by atoms with E-state index in [0.717, 1.165) is 11.3 Å². The third kappa shape index (κ3) is 4.66. The van der Waals surface area contributed by atoms with Crippen LogP contribution in [0.15, 0.2) is 66.7 Å². The first-order chi connectivity index (χ1) is 16.4. The van der Waals surface area contributed by atoms with Crippen molar-refractivity contribution in [3.8, 4) is 5.75 Å². The SMILES string of the molecule is COc1ccc(CCN2C(=O)c3ccc(C(=O)NCc4cccc(C(=O)O)c4)cc3C2=O)cc1. The molecule has 0 fully saturated rings. The minimum absolute atomic E-state index is 0.123. The molecule has 4 rings (SSSR count). The van der Waals surface area contributed by atoms with E-state index in [0.29, 0.717) is 12.0 Å². The zero-order valence-corrected chi connectivity index (χ0v) is 18.4. The largest absolute Gasteiger partial charge is 0.497 e. The molecule has 0 atom stereocenters. The zero-order valence-electron chi connectivity index (χ0n) is 18.4. The van der Waals surface area contributed by atoms with Gasteiger partial charge in [-0.3, -0.25) is 19.3 Å². The van der Waals surface area contributed by atoms with E-state index in [-0.39, 0.29) is 41.3 Å². The molecule has 1 aliphatic heterocycles. The maximum Gasteiger partial charge on any atom is 0.335 e. The van der Waals surface area contributed by atoms with Gasteiger partial charge in [-0.2, -0.15) is 0 Å². The molecule has 0 radical (unpaired) electrons. The number of hydrogen-bond acceptors (Lipinski definition) is 5. The van der Waals surface area contributed by atoms with Crippen molar-refractivity contribution in [1.29, 1.82) is 0 Å². The van der Waals surface area contributed by atoms with Crippen molar-refractivity contribution < 1.29 is 29.0 Å². The lowest BCUT2D eigenvalue weighted by Crippen LogP contribution is -2.31. The second-order valence-electron chi connectivity index (χ2n) is 7.81. The summed E-state index contributed by atoms with van der Waals surface area (Å²) in [6.07, 6.45) is 0.498. The zero-order chi connectivity index (χ0) is 24.2. The highest BCUT2D eigenvalue weighted by Gasteiger charge is 2.35. The molecule has 0 aromatic heterocycles. The molecule has 0 saturated carbocycles. The number of aromatic carboxylic acids is 1. The highest BCUT2D eigenvalue weighted by molar-refractivity contribution is 6.22. The summed E-state index contributed by atoms with van der Waals surface area (Å²) in [6.45, 7) is 0.345. The van der Waals surface area contributed by atoms with Crippen LogP contribution in [0, 0.1) is 0 Å². The monoisotopic (exact) mass is 458 g/mol. The Morgan fingerprint density at radius 2 is 1.62 bits per heavy atom. The normalized spacial score (nSPS) is 12.4. The van der Waals surface area contributed by atoms with Gasteiger partial charge >= 0.3 is 5.97 Å². The Labute approximate surface area is 195 Å². The van der Waals surface area contributed by atoms with E-state index < -0.39 is 17.8 Å². The van der Waals surface area contributed by atoms with Crippen molar-refractivity contribution in [2.45, 2.75) is 13.0 Å². The number of amides is 3. The molecular weight excluding hydrogens is 436 g/mol. The number of imide groups is 1. The van der Waals surface area contributed by atoms with Crippen molar-refractivity contribution in [3.05, 3.63) is 100 Å². The van der Waals surface area contributed by atoms with Crippen molar-refractivity contribution >= 4 is 23.7 Å². The predicted octanol–water partition coefficient (Wildman–Crippen LogP) is 3.16. The van der Waals surface area contributed by atoms with E-state index in [4.69, 9.17) is 9.84 Å². The van der Waals surface area contributed by atoms with Gasteiger partial charge in [0.1, 0.15) is 5.75 Å². The number of rotatable bonds is 8. The van der Waals surface area contributed by atoms with Crippen molar-refractivity contribution in [3.63, 3.8) is 0 Å². The van der Waals surface area contributed by atoms with E-state index in [9.17, 15) is 19.2 Å². The molecule has 0 aliphatic carbocycles. The number of carbonyl (C=O) groups is 4. The van der Waals surface area contributed by atoms with E-state index in [1.54, 1.807) is 19.2 Å². The van der Waals surface area contributed by atoms with Crippen LogP contribution < -0.4 is 10.1 Å². The third-order valence-corrected chi connectivity index (χ3v) is 5.64. The van der Waals surface area contributed by atoms with Crippen LogP contribution in [-0.4, -0.2) is 47.4 Å². The van der Waals surface area contributed by atoms with E-state index in [1.807, 2.05) is 24.3 Å². The Hall–Kier alpha value is -4.46. The molecular formula is C26H22N2O6. The third-order valence-electron chi connectivity index (χ3n) is 5.64. The maximum atomic E-state index is 12.9. The van der Waals surface area contributed by atoms with E-state index >= 15 is 0 Å². The lowest BCUT2D eigenvalue weighted by molar-refractivity contribution is 0.0652. The van der Waals surface area contributed by atoms with Gasteiger partial charge < -0.3 is 15.2 Å². The van der Waals surface area contributed by atoms with Gasteiger partial charge in [0.2, 0.25) is 0 Å². The first-order valence-corrected chi connectivity index (χ1v) is 10.6. The highest BCUT2D eigenvalue weighted by Crippen LogP contribution is 2.25. The number of hydrogen-bond donors (Lipinski definition) is 2. The number of carboxylic acids is 1. The quantitative estimate of drug-likeness (QED) is 0.502. The summed E-state index contributed by atoms with van der Waals surface area (Å²) >= 11 is 0. The van der Waals surface area contributed by atoms with Crippen LogP contribution in [-0.2, 0) is 13.0 Å². The van der Waals surface area contributed by atoms with Gasteiger partial charge in [0, 0.05) is 18.7 Å². The van der Waals surface area contributed by atoms with Gasteiger partial charge in [0.15, 0.2) is 0 Å². The van der Waals surface area contributed by atoms with Gasteiger partial charge in [-0.15, -0.1) is 0 Å². The molecule has 1 heterocycles. The fraction of sp³-hybridized carbons (Fsp3) is 0.154. The number of methoxy groups -OCH3 is 1. The summed E-state index contributed by atoms with van der Waals surface area (Å²) in [4.78, 5) is 50.5. The van der Waals surface area contributed by atoms with Crippen LogP contribution >= 0.6 is 0 Å². The molecule has 0 saturated heterocycles. The summed E-state index contributed by atoms with van der Waals surface area (Å²) in [7, 11) is 1.58. The highest BCUT2D eigenvalue weighted by atomic mass is 16.5. The number of ether oxygens (including phenoxy) is 1. The minimum Gasteiger partial charge on any atom is -0.497 e. The number of carbonyl (C=O) groups excluding carboxylic acids is 3. The van der Waals surface area contributed by atoms with Crippen LogP contribution in [0.1, 0.15) is 52.6 Å². The summed E-state index contributed by atoms with van der Waals surface area (Å²) in [5.74, 6) is -1.57. The van der Waals surface area contributed by atoms with Crippen molar-refractivity contribution in [2.75, 3.05) is 13.7 Å². The van der Waals surface area contributed by atoms with Crippen LogP contribution in [0.4, 0.5) is 0 Å². The van der Waals surface area contributed by atoms with Crippen LogP contribution in [0.3, 0.4) is 0 Å². The number of nitrogens with zero attached hydrogens (tertiary/aromatic N) is 1. The number of carboxylic acid groups (broad SMARTS) is 1. The second-order valence-corrected chi connectivity index (χ2v) is 7.81.